The van der Waals surface area contributed by atoms with Gasteiger partial charge in [-0.3, -0.25) is 0 Å². The van der Waals surface area contributed by atoms with Crippen LogP contribution < -0.4 is 0 Å². The summed E-state index contributed by atoms with van der Waals surface area (Å²) >= 11 is 0. The van der Waals surface area contributed by atoms with Gasteiger partial charge in [0.15, 0.2) is 0 Å². The van der Waals surface area contributed by atoms with E-state index in [1.54, 1.807) is 26.4 Å². The average Bonchev–Trinajstić information content (AvgIpc) is 3.65. The molecule has 0 saturated heterocycles. The molecule has 340 valence electrons. The summed E-state index contributed by atoms with van der Waals surface area (Å²) in [5, 5.41) is 11.7. The predicted molar refractivity (Wildman–Crippen MR) is 250 cm³/mol. The maximum Gasteiger partial charge on any atom is 0.335 e. The van der Waals surface area contributed by atoms with Crippen LogP contribution in [0, 0.1) is 0 Å². The summed E-state index contributed by atoms with van der Waals surface area (Å²) in [6.45, 7) is 13.4. The number of aromatic nitrogens is 1. The number of hydrogen-bond donors (Lipinski definition) is 1. The predicted octanol–water partition coefficient (Wildman–Crippen LogP) is 9.69. The summed E-state index contributed by atoms with van der Waals surface area (Å²) in [5.74, 6) is -0.951. The number of carbonyl (C=O) groups excluding carboxylic acids is 1. The van der Waals surface area contributed by atoms with E-state index in [0.717, 1.165) is 60.9 Å². The Bertz CT molecular complexity index is 2040. The van der Waals surface area contributed by atoms with Crippen LogP contribution in [0.5, 0.6) is 0 Å². The molecule has 0 atom stereocenters. The van der Waals surface area contributed by atoms with Crippen LogP contribution in [0.15, 0.2) is 109 Å². The largest absolute Gasteiger partial charge is 0.478 e. The number of benzene rings is 5. The first kappa shape index (κ1) is 52.1. The number of hydrogen-bond acceptors (Lipinski definition) is 10. The van der Waals surface area contributed by atoms with Crippen molar-refractivity contribution < 1.29 is 52.6 Å². The molecule has 1 aromatic heterocycles. The molecule has 0 bridgehead atoms. The van der Waals surface area contributed by atoms with Crippen molar-refractivity contribution in [1.29, 1.82) is 0 Å². The van der Waals surface area contributed by atoms with Crippen molar-refractivity contribution in [2.24, 2.45) is 0 Å². The molecule has 0 amide bonds. The van der Waals surface area contributed by atoms with Crippen LogP contribution in [0.2, 0.25) is 0 Å². The van der Waals surface area contributed by atoms with Crippen LogP contribution in [-0.2, 0) is 55.9 Å². The lowest BCUT2D eigenvalue weighted by Crippen LogP contribution is -2.11. The van der Waals surface area contributed by atoms with E-state index < -0.39 is 5.97 Å². The molecule has 5 aromatic carbocycles. The van der Waals surface area contributed by atoms with E-state index >= 15 is 0 Å². The Morgan fingerprint density at radius 2 is 0.810 bits per heavy atom. The smallest absolute Gasteiger partial charge is 0.335 e. The molecule has 0 aliphatic heterocycles. The first-order valence-corrected chi connectivity index (χ1v) is 20.9. The number of methoxy groups -OCH3 is 2. The number of ether oxygens (including phenoxy) is 8. The number of aromatic carboxylic acids is 1. The SMILES string of the molecule is C.C=O.CC.COCCOCCOCCOCc1ccc(-c2ccc3c(c2)c2cc(-c4ccc(COCCOCCOCCOC)cc4)ccc2n3-c2ccc(C(=O)O)cc2)cc1. The summed E-state index contributed by atoms with van der Waals surface area (Å²) < 4.78 is 45.8. The molecule has 0 aliphatic carbocycles. The zero-order valence-electron chi connectivity index (χ0n) is 36.5. The highest BCUT2D eigenvalue weighted by atomic mass is 16.6. The quantitative estimate of drug-likeness (QED) is 0.0523. The van der Waals surface area contributed by atoms with Gasteiger partial charge in [-0.05, 0) is 81.9 Å². The highest BCUT2D eigenvalue weighted by molar-refractivity contribution is 6.11. The summed E-state index contributed by atoms with van der Waals surface area (Å²) in [7, 11) is 3.30. The lowest BCUT2D eigenvalue weighted by Gasteiger charge is -2.10. The Morgan fingerprint density at radius 3 is 1.16 bits per heavy atom. The van der Waals surface area contributed by atoms with E-state index in [1.165, 1.54) is 0 Å². The van der Waals surface area contributed by atoms with Crippen LogP contribution in [0.25, 0.3) is 49.7 Å². The second-order valence-corrected chi connectivity index (χ2v) is 13.6. The Balaban J connectivity index is 0.00000205. The minimum absolute atomic E-state index is 0. The summed E-state index contributed by atoms with van der Waals surface area (Å²) in [6.07, 6.45) is 0. The summed E-state index contributed by atoms with van der Waals surface area (Å²) in [4.78, 5) is 19.6. The minimum Gasteiger partial charge on any atom is -0.478 e. The molecule has 0 saturated carbocycles. The highest BCUT2D eigenvalue weighted by Gasteiger charge is 2.16. The van der Waals surface area contributed by atoms with E-state index in [9.17, 15) is 9.90 Å². The van der Waals surface area contributed by atoms with Crippen LogP contribution in [0.3, 0.4) is 0 Å². The maximum atomic E-state index is 11.6. The molecule has 1 N–H and O–H groups in total. The van der Waals surface area contributed by atoms with Gasteiger partial charge in [0, 0.05) is 30.7 Å². The first-order valence-electron chi connectivity index (χ1n) is 20.9. The maximum absolute atomic E-state index is 11.6. The van der Waals surface area contributed by atoms with E-state index in [1.807, 2.05) is 32.8 Å². The molecule has 0 fully saturated rings. The molecule has 6 rings (SSSR count). The zero-order chi connectivity index (χ0) is 44.4. The molecule has 63 heavy (non-hydrogen) atoms. The molecule has 1 heterocycles. The molecule has 0 aliphatic rings. The molecular weight excluding hydrogens is 803 g/mol. The van der Waals surface area contributed by atoms with Crippen molar-refractivity contribution in [3.05, 3.63) is 126 Å². The Morgan fingerprint density at radius 1 is 0.476 bits per heavy atom. The van der Waals surface area contributed by atoms with Crippen molar-refractivity contribution in [2.45, 2.75) is 34.5 Å². The van der Waals surface area contributed by atoms with E-state index in [-0.39, 0.29) is 13.0 Å². The highest BCUT2D eigenvalue weighted by Crippen LogP contribution is 2.37. The van der Waals surface area contributed by atoms with Gasteiger partial charge in [-0.25, -0.2) is 4.79 Å². The minimum atomic E-state index is -0.951. The topological polar surface area (TPSA) is 133 Å². The van der Waals surface area contributed by atoms with Crippen molar-refractivity contribution in [1.82, 2.24) is 4.57 Å². The zero-order valence-corrected chi connectivity index (χ0v) is 36.5. The van der Waals surface area contributed by atoms with Crippen molar-refractivity contribution >= 4 is 34.6 Å². The second-order valence-electron chi connectivity index (χ2n) is 13.6. The van der Waals surface area contributed by atoms with Gasteiger partial charge in [0.05, 0.1) is 109 Å². The third kappa shape index (κ3) is 16.1. The van der Waals surface area contributed by atoms with Gasteiger partial charge in [0.25, 0.3) is 0 Å². The van der Waals surface area contributed by atoms with Gasteiger partial charge >= 0.3 is 5.97 Å². The van der Waals surface area contributed by atoms with Crippen LogP contribution in [0.1, 0.15) is 42.8 Å². The molecule has 0 radical (unpaired) electrons. The van der Waals surface area contributed by atoms with E-state index in [4.69, 9.17) is 42.7 Å². The summed E-state index contributed by atoms with van der Waals surface area (Å²) in [5.41, 5.74) is 9.75. The van der Waals surface area contributed by atoms with Crippen molar-refractivity contribution in [3.8, 4) is 27.9 Å². The number of nitrogens with zero attached hydrogens (tertiary/aromatic N) is 1. The fraction of sp³-hybridized carbons (Fsp3) is 0.373. The van der Waals surface area contributed by atoms with Crippen molar-refractivity contribution in [3.63, 3.8) is 0 Å². The number of carboxylic acid groups (broad SMARTS) is 1. The number of fused-ring (bicyclic) bond motifs is 3. The molecule has 6 aromatic rings. The van der Waals surface area contributed by atoms with Gasteiger partial charge in [0.1, 0.15) is 6.79 Å². The van der Waals surface area contributed by atoms with E-state index in [2.05, 4.69) is 89.5 Å². The Hall–Kier alpha value is -5.28. The van der Waals surface area contributed by atoms with Crippen LogP contribution >= 0.6 is 0 Å². The molecule has 0 spiro atoms. The van der Waals surface area contributed by atoms with Gasteiger partial charge < -0.3 is 52.4 Å². The van der Waals surface area contributed by atoms with Gasteiger partial charge in [0.2, 0.25) is 0 Å². The molecular formula is C51H65NO11. The van der Waals surface area contributed by atoms with Crippen molar-refractivity contribution in [2.75, 3.05) is 93.5 Å². The second kappa shape index (κ2) is 29.9. The van der Waals surface area contributed by atoms with Gasteiger partial charge in [-0.2, -0.15) is 0 Å². The number of carboxylic acids is 1. The third-order valence-electron chi connectivity index (χ3n) is 9.60. The molecule has 12 heteroatoms. The Kier molecular flexibility index (Phi) is 24.7. The van der Waals surface area contributed by atoms with Crippen LogP contribution in [-0.4, -0.2) is 116 Å². The Labute approximate surface area is 372 Å². The lowest BCUT2D eigenvalue weighted by molar-refractivity contribution is -0.0980. The number of rotatable bonds is 26. The first-order chi connectivity index (χ1) is 30.6. The number of carbonyl (C=O) groups is 2. The fourth-order valence-corrected chi connectivity index (χ4v) is 6.54. The lowest BCUT2D eigenvalue weighted by atomic mass is 9.99. The third-order valence-corrected chi connectivity index (χ3v) is 9.60. The van der Waals surface area contributed by atoms with Crippen LogP contribution in [0.4, 0.5) is 0 Å². The fourth-order valence-electron chi connectivity index (χ4n) is 6.54. The monoisotopic (exact) mass is 867 g/mol. The van der Waals surface area contributed by atoms with E-state index in [0.29, 0.717) is 92.5 Å². The molecule has 0 unspecified atom stereocenters. The summed E-state index contributed by atoms with van der Waals surface area (Å²) in [6, 6.07) is 37.0. The van der Waals surface area contributed by atoms with Gasteiger partial charge in [-0.15, -0.1) is 0 Å². The standard InChI is InChI=1S/C47H53NO10.C2H6.CH2O.CH4/c1-51-19-21-53-23-25-55-27-29-57-33-35-3-7-37(8-4-35)40-13-17-45-43(31-40)44-32-41(14-18-46(44)48(45)42-15-11-39(12-16-42)47(49)50)38-9-5-36(6-10-38)34-58-30-28-56-26-24-54-22-20-52-2;2*1-2;/h3-18,31-32H,19-30,33-34H2,1-2H3,(H,49,50);1-2H3;1H2;1H4. The molecule has 12 nitrogen and oxygen atoms in total. The average molecular weight is 868 g/mol. The normalized spacial score (nSPS) is 10.8. The van der Waals surface area contributed by atoms with Gasteiger partial charge in [-0.1, -0.05) is 81.9 Å².